The topological polar surface area (TPSA) is 70.2 Å². The van der Waals surface area contributed by atoms with E-state index in [0.717, 1.165) is 0 Å². The Morgan fingerprint density at radius 2 is 1.76 bits per heavy atom. The minimum absolute atomic E-state index is 0.0514. The molecule has 1 atom stereocenters. The molecule has 2 N–H and O–H groups in total. The Hall–Kier alpha value is -2.11. The summed E-state index contributed by atoms with van der Waals surface area (Å²) in [4.78, 5) is 15.0. The number of carbonyl (C=O) groups is 1. The highest BCUT2D eigenvalue weighted by atomic mass is 35.5. The molecule has 6 heteroatoms. The Bertz CT molecular complexity index is 855. The Labute approximate surface area is 127 Å². The molecule has 0 aliphatic heterocycles. The van der Waals surface area contributed by atoms with Crippen molar-refractivity contribution >= 4 is 39.3 Å². The van der Waals surface area contributed by atoms with Crippen LogP contribution in [0.25, 0.3) is 10.9 Å². The Balaban J connectivity index is 2.23. The number of aromatic amines is 1. The first kappa shape index (κ1) is 13.9. The fraction of sp³-hybridized carbons (Fsp3) is 0. The monoisotopic (exact) mass is 319 g/mol. The van der Waals surface area contributed by atoms with Crippen LogP contribution in [0.15, 0.2) is 58.3 Å². The zero-order chi connectivity index (χ0) is 15.0. The lowest BCUT2D eigenvalue weighted by atomic mass is 10.2. The van der Waals surface area contributed by atoms with E-state index in [4.69, 9.17) is 11.6 Å². The number of fused-ring (bicyclic) bond motifs is 1. The second-order valence-corrected chi connectivity index (χ2v) is 6.26. The van der Waals surface area contributed by atoms with Gasteiger partial charge in [0.1, 0.15) is 5.69 Å². The molecule has 106 valence electrons. The van der Waals surface area contributed by atoms with Crippen LogP contribution in [-0.2, 0) is 10.8 Å². The third-order valence-electron chi connectivity index (χ3n) is 3.09. The van der Waals surface area contributed by atoms with Crippen molar-refractivity contribution in [3.05, 3.63) is 59.2 Å². The number of aromatic nitrogens is 1. The molecular formula is C15H10ClNO3S. The zero-order valence-corrected chi connectivity index (χ0v) is 12.2. The molecular weight excluding hydrogens is 310 g/mol. The van der Waals surface area contributed by atoms with Crippen LogP contribution in [0.1, 0.15) is 10.5 Å². The lowest BCUT2D eigenvalue weighted by Gasteiger charge is -2.03. The summed E-state index contributed by atoms with van der Waals surface area (Å²) in [5, 5.41) is 10.5. The molecule has 4 nitrogen and oxygen atoms in total. The molecule has 2 aromatic carbocycles. The molecule has 0 bridgehead atoms. The van der Waals surface area contributed by atoms with Crippen molar-refractivity contribution in [2.45, 2.75) is 9.79 Å². The molecule has 1 unspecified atom stereocenters. The van der Waals surface area contributed by atoms with Crippen LogP contribution in [0.2, 0.25) is 5.02 Å². The lowest BCUT2D eigenvalue weighted by molar-refractivity contribution is 0.0687. The standard InChI is InChI=1S/C15H10ClNO3S/c16-9-5-7-10(8-6-9)21(20)14-11-3-1-2-4-12(11)17-13(14)15(18)19/h1-8,17H,(H,18,19). The predicted molar refractivity (Wildman–Crippen MR) is 81.4 cm³/mol. The number of para-hydroxylation sites is 1. The summed E-state index contributed by atoms with van der Waals surface area (Å²) < 4.78 is 12.7. The highest BCUT2D eigenvalue weighted by molar-refractivity contribution is 7.85. The van der Waals surface area contributed by atoms with Gasteiger partial charge in [-0.3, -0.25) is 0 Å². The molecule has 1 aromatic heterocycles. The number of carboxylic acids is 1. The van der Waals surface area contributed by atoms with Gasteiger partial charge in [0.05, 0.1) is 15.7 Å². The van der Waals surface area contributed by atoms with Crippen LogP contribution in [0, 0.1) is 0 Å². The maximum atomic E-state index is 12.7. The van der Waals surface area contributed by atoms with E-state index in [1.54, 1.807) is 48.5 Å². The maximum absolute atomic E-state index is 12.7. The van der Waals surface area contributed by atoms with Gasteiger partial charge in [0.2, 0.25) is 0 Å². The molecule has 0 amide bonds. The van der Waals surface area contributed by atoms with Crippen molar-refractivity contribution in [2.24, 2.45) is 0 Å². The number of hydrogen-bond acceptors (Lipinski definition) is 2. The van der Waals surface area contributed by atoms with Crippen LogP contribution < -0.4 is 0 Å². The molecule has 0 fully saturated rings. The summed E-state index contributed by atoms with van der Waals surface area (Å²) >= 11 is 5.82. The first-order valence-electron chi connectivity index (χ1n) is 6.09. The lowest BCUT2D eigenvalue weighted by Crippen LogP contribution is -2.03. The zero-order valence-electron chi connectivity index (χ0n) is 10.7. The molecule has 3 aromatic rings. The van der Waals surface area contributed by atoms with Crippen molar-refractivity contribution in [1.82, 2.24) is 4.98 Å². The molecule has 0 aliphatic carbocycles. The first-order valence-corrected chi connectivity index (χ1v) is 7.62. The average molecular weight is 320 g/mol. The van der Waals surface area contributed by atoms with E-state index in [1.807, 2.05) is 0 Å². The smallest absolute Gasteiger partial charge is 0.353 e. The summed E-state index contributed by atoms with van der Waals surface area (Å²) in [6, 6.07) is 13.6. The second kappa shape index (κ2) is 5.35. The van der Waals surface area contributed by atoms with Gasteiger partial charge in [0.15, 0.2) is 0 Å². The molecule has 0 spiro atoms. The summed E-state index contributed by atoms with van der Waals surface area (Å²) in [6.07, 6.45) is 0. The van der Waals surface area contributed by atoms with Crippen molar-refractivity contribution in [3.8, 4) is 0 Å². The van der Waals surface area contributed by atoms with Gasteiger partial charge < -0.3 is 10.1 Å². The molecule has 3 rings (SSSR count). The molecule has 1 heterocycles. The average Bonchev–Trinajstić information content (AvgIpc) is 2.87. The van der Waals surface area contributed by atoms with Crippen molar-refractivity contribution < 1.29 is 14.1 Å². The third kappa shape index (κ3) is 2.46. The first-order chi connectivity index (χ1) is 10.1. The Morgan fingerprint density at radius 3 is 2.43 bits per heavy atom. The minimum atomic E-state index is -1.60. The molecule has 0 saturated carbocycles. The van der Waals surface area contributed by atoms with E-state index < -0.39 is 16.8 Å². The van der Waals surface area contributed by atoms with Crippen LogP contribution >= 0.6 is 11.6 Å². The summed E-state index contributed by atoms with van der Waals surface area (Å²) in [7, 11) is -1.60. The van der Waals surface area contributed by atoms with Gasteiger partial charge in [0.25, 0.3) is 0 Å². The number of hydrogen-bond donors (Lipinski definition) is 2. The van der Waals surface area contributed by atoms with E-state index >= 15 is 0 Å². The molecule has 0 saturated heterocycles. The number of H-pyrrole nitrogens is 1. The van der Waals surface area contributed by atoms with E-state index in [-0.39, 0.29) is 10.6 Å². The number of benzene rings is 2. The van der Waals surface area contributed by atoms with Gasteiger partial charge in [-0.1, -0.05) is 29.8 Å². The minimum Gasteiger partial charge on any atom is -0.477 e. The maximum Gasteiger partial charge on any atom is 0.353 e. The fourth-order valence-corrected chi connectivity index (χ4v) is 3.58. The summed E-state index contributed by atoms with van der Waals surface area (Å²) in [5.41, 5.74) is 0.594. The van der Waals surface area contributed by atoms with E-state index in [9.17, 15) is 14.1 Å². The van der Waals surface area contributed by atoms with E-state index in [1.165, 1.54) is 0 Å². The van der Waals surface area contributed by atoms with Gasteiger partial charge in [-0.2, -0.15) is 0 Å². The molecule has 0 radical (unpaired) electrons. The van der Waals surface area contributed by atoms with Gasteiger partial charge in [-0.15, -0.1) is 0 Å². The van der Waals surface area contributed by atoms with Gasteiger partial charge in [-0.25, -0.2) is 9.00 Å². The number of aromatic carboxylic acids is 1. The largest absolute Gasteiger partial charge is 0.477 e. The second-order valence-electron chi connectivity index (χ2n) is 4.40. The van der Waals surface area contributed by atoms with Crippen LogP contribution in [0.5, 0.6) is 0 Å². The van der Waals surface area contributed by atoms with Crippen LogP contribution in [0.4, 0.5) is 0 Å². The highest BCUT2D eigenvalue weighted by Gasteiger charge is 2.22. The fourth-order valence-electron chi connectivity index (χ4n) is 2.14. The highest BCUT2D eigenvalue weighted by Crippen LogP contribution is 2.29. The SMILES string of the molecule is O=C(O)c1[nH]c2ccccc2c1S(=O)c1ccc(Cl)cc1. The predicted octanol–water partition coefficient (Wildman–Crippen LogP) is 3.69. The number of halogens is 1. The summed E-state index contributed by atoms with van der Waals surface area (Å²) in [6.45, 7) is 0. The van der Waals surface area contributed by atoms with E-state index in [2.05, 4.69) is 4.98 Å². The normalized spacial score (nSPS) is 12.4. The quantitative estimate of drug-likeness (QED) is 0.773. The Kier molecular flexibility index (Phi) is 3.53. The number of carboxylic acid groups (broad SMARTS) is 1. The number of nitrogens with one attached hydrogen (secondary N) is 1. The van der Waals surface area contributed by atoms with Crippen LogP contribution in [-0.4, -0.2) is 20.3 Å². The van der Waals surface area contributed by atoms with Crippen molar-refractivity contribution in [1.29, 1.82) is 0 Å². The molecule has 21 heavy (non-hydrogen) atoms. The summed E-state index contributed by atoms with van der Waals surface area (Å²) in [5.74, 6) is -1.14. The molecule has 0 aliphatic rings. The van der Waals surface area contributed by atoms with E-state index in [0.29, 0.717) is 20.8 Å². The van der Waals surface area contributed by atoms with Crippen molar-refractivity contribution in [2.75, 3.05) is 0 Å². The third-order valence-corrected chi connectivity index (χ3v) is 4.83. The van der Waals surface area contributed by atoms with Gasteiger partial charge in [-0.05, 0) is 30.3 Å². The van der Waals surface area contributed by atoms with Crippen LogP contribution in [0.3, 0.4) is 0 Å². The van der Waals surface area contributed by atoms with Crippen molar-refractivity contribution in [3.63, 3.8) is 0 Å². The Morgan fingerprint density at radius 1 is 1.10 bits per heavy atom. The van der Waals surface area contributed by atoms with Gasteiger partial charge in [0, 0.05) is 20.8 Å². The number of rotatable bonds is 3. The van der Waals surface area contributed by atoms with Gasteiger partial charge >= 0.3 is 5.97 Å².